The smallest absolute Gasteiger partial charge is 0.280 e. The monoisotopic (exact) mass is 271 g/mol. The Balaban J connectivity index is 1.99. The van der Waals surface area contributed by atoms with Gasteiger partial charge in [-0.15, -0.1) is 0 Å². The van der Waals surface area contributed by atoms with Gasteiger partial charge in [-0.05, 0) is 25.3 Å². The summed E-state index contributed by atoms with van der Waals surface area (Å²) in [6.07, 6.45) is 1.28. The largest absolute Gasteiger partial charge is 0.354 e. The summed E-state index contributed by atoms with van der Waals surface area (Å²) in [5, 5.41) is 6.85. The van der Waals surface area contributed by atoms with Crippen molar-refractivity contribution in [1.29, 1.82) is 0 Å². The van der Waals surface area contributed by atoms with Crippen molar-refractivity contribution in [2.24, 2.45) is 0 Å². The molecule has 0 aromatic carbocycles. The van der Waals surface area contributed by atoms with E-state index in [1.165, 1.54) is 6.07 Å². The maximum absolute atomic E-state index is 12.9. The highest BCUT2D eigenvalue weighted by atomic mass is 19.3. The second-order valence-electron chi connectivity index (χ2n) is 4.93. The number of hydrogen-bond donors (Lipinski definition) is 1. The normalized spacial score (nSPS) is 14.9. The number of amides is 1. The second kappa shape index (κ2) is 6.12. The molecule has 2 rings (SSSR count). The van der Waals surface area contributed by atoms with Crippen LogP contribution < -0.4 is 5.32 Å². The molecule has 1 heterocycles. The van der Waals surface area contributed by atoms with E-state index in [2.05, 4.69) is 10.4 Å². The highest BCUT2D eigenvalue weighted by Gasteiger charge is 2.29. The first-order valence-corrected chi connectivity index (χ1v) is 6.74. The first-order valence-electron chi connectivity index (χ1n) is 6.74. The van der Waals surface area contributed by atoms with E-state index < -0.39 is 6.43 Å². The van der Waals surface area contributed by atoms with Crippen molar-refractivity contribution in [2.75, 3.05) is 6.54 Å². The predicted octanol–water partition coefficient (Wildman–Crippen LogP) is 2.61. The summed E-state index contributed by atoms with van der Waals surface area (Å²) in [6, 6.07) is 1.43. The molecule has 1 aliphatic rings. The SMILES string of the molecule is CCCCNC(=O)Cn1nc(C2CC2)cc1C(F)F. The minimum atomic E-state index is -2.59. The summed E-state index contributed by atoms with van der Waals surface area (Å²) in [5.41, 5.74) is 0.532. The van der Waals surface area contributed by atoms with E-state index in [1.54, 1.807) is 0 Å². The zero-order valence-electron chi connectivity index (χ0n) is 11.0. The number of hydrogen-bond acceptors (Lipinski definition) is 2. The lowest BCUT2D eigenvalue weighted by Crippen LogP contribution is -2.29. The van der Waals surface area contributed by atoms with Crippen LogP contribution >= 0.6 is 0 Å². The topological polar surface area (TPSA) is 46.9 Å². The fraction of sp³-hybridized carbons (Fsp3) is 0.692. The minimum Gasteiger partial charge on any atom is -0.354 e. The van der Waals surface area contributed by atoms with Crippen LogP contribution in [0.3, 0.4) is 0 Å². The lowest BCUT2D eigenvalue weighted by atomic mass is 10.3. The Morgan fingerprint density at radius 1 is 1.58 bits per heavy atom. The second-order valence-corrected chi connectivity index (χ2v) is 4.93. The van der Waals surface area contributed by atoms with Crippen molar-refractivity contribution in [3.63, 3.8) is 0 Å². The van der Waals surface area contributed by atoms with Gasteiger partial charge < -0.3 is 5.32 Å². The maximum atomic E-state index is 12.9. The van der Waals surface area contributed by atoms with Crippen LogP contribution in [0.15, 0.2) is 6.07 Å². The fourth-order valence-electron chi connectivity index (χ4n) is 1.93. The van der Waals surface area contributed by atoms with Crippen LogP contribution in [-0.2, 0) is 11.3 Å². The minimum absolute atomic E-state index is 0.129. The molecule has 1 N–H and O–H groups in total. The summed E-state index contributed by atoms with van der Waals surface area (Å²) in [4.78, 5) is 11.6. The lowest BCUT2D eigenvalue weighted by molar-refractivity contribution is -0.121. The summed E-state index contributed by atoms with van der Waals surface area (Å²) in [6.45, 7) is 2.47. The zero-order valence-corrected chi connectivity index (χ0v) is 11.0. The van der Waals surface area contributed by atoms with Crippen molar-refractivity contribution in [3.05, 3.63) is 17.5 Å². The van der Waals surface area contributed by atoms with Crippen molar-refractivity contribution in [2.45, 2.75) is 51.5 Å². The highest BCUT2D eigenvalue weighted by molar-refractivity contribution is 5.75. The fourth-order valence-corrected chi connectivity index (χ4v) is 1.93. The average Bonchev–Trinajstić information content (AvgIpc) is 3.11. The molecule has 1 aliphatic carbocycles. The van der Waals surface area contributed by atoms with Crippen LogP contribution in [0.4, 0.5) is 8.78 Å². The molecular formula is C13H19F2N3O. The summed E-state index contributed by atoms with van der Waals surface area (Å²) < 4.78 is 26.9. The van der Waals surface area contributed by atoms with Gasteiger partial charge in [-0.2, -0.15) is 5.10 Å². The summed E-state index contributed by atoms with van der Waals surface area (Å²) in [5.74, 6) is 0.0442. The summed E-state index contributed by atoms with van der Waals surface area (Å²) in [7, 11) is 0. The third kappa shape index (κ3) is 3.75. The standard InChI is InChI=1S/C13H19F2N3O/c1-2-3-6-16-12(19)8-18-11(13(14)15)7-10(17-18)9-4-5-9/h7,9,13H,2-6,8H2,1H3,(H,16,19). The van der Waals surface area contributed by atoms with Crippen LogP contribution in [0.2, 0.25) is 0 Å². The van der Waals surface area contributed by atoms with Gasteiger partial charge in [-0.3, -0.25) is 9.48 Å². The number of rotatable bonds is 7. The average molecular weight is 271 g/mol. The van der Waals surface area contributed by atoms with Crippen LogP contribution in [0.25, 0.3) is 0 Å². The van der Waals surface area contributed by atoms with Gasteiger partial charge in [-0.1, -0.05) is 13.3 Å². The first kappa shape index (κ1) is 14.0. The van der Waals surface area contributed by atoms with E-state index in [-0.39, 0.29) is 18.1 Å². The number of alkyl halides is 2. The van der Waals surface area contributed by atoms with Gasteiger partial charge in [0.1, 0.15) is 12.2 Å². The Morgan fingerprint density at radius 3 is 2.89 bits per heavy atom. The van der Waals surface area contributed by atoms with E-state index in [9.17, 15) is 13.6 Å². The Bertz CT molecular complexity index is 441. The lowest BCUT2D eigenvalue weighted by Gasteiger charge is -2.07. The van der Waals surface area contributed by atoms with E-state index >= 15 is 0 Å². The van der Waals surface area contributed by atoms with Gasteiger partial charge in [0.05, 0.1) is 5.69 Å². The van der Waals surface area contributed by atoms with Gasteiger partial charge in [0.2, 0.25) is 5.91 Å². The maximum Gasteiger partial charge on any atom is 0.280 e. The number of halogens is 2. The predicted molar refractivity (Wildman–Crippen MR) is 67.1 cm³/mol. The van der Waals surface area contributed by atoms with Crippen molar-refractivity contribution < 1.29 is 13.6 Å². The van der Waals surface area contributed by atoms with E-state index in [4.69, 9.17) is 0 Å². The number of aromatic nitrogens is 2. The third-order valence-electron chi connectivity index (χ3n) is 3.20. The number of carbonyl (C=O) groups excluding carboxylic acids is 1. The molecule has 1 aromatic heterocycles. The molecule has 1 amide bonds. The molecule has 19 heavy (non-hydrogen) atoms. The molecule has 4 nitrogen and oxygen atoms in total. The Labute approximate surface area is 111 Å². The number of unbranched alkanes of at least 4 members (excludes halogenated alkanes) is 1. The number of nitrogens with zero attached hydrogens (tertiary/aromatic N) is 2. The molecule has 1 fully saturated rings. The zero-order chi connectivity index (χ0) is 13.8. The van der Waals surface area contributed by atoms with E-state index in [0.29, 0.717) is 18.2 Å². The molecular weight excluding hydrogens is 252 g/mol. The van der Waals surface area contributed by atoms with Crippen LogP contribution in [0, 0.1) is 0 Å². The van der Waals surface area contributed by atoms with Gasteiger partial charge in [0, 0.05) is 12.5 Å². The van der Waals surface area contributed by atoms with Crippen LogP contribution in [-0.4, -0.2) is 22.2 Å². The number of carbonyl (C=O) groups is 1. The molecule has 0 aliphatic heterocycles. The highest BCUT2D eigenvalue weighted by Crippen LogP contribution is 2.40. The van der Waals surface area contributed by atoms with Gasteiger partial charge in [0.25, 0.3) is 6.43 Å². The van der Waals surface area contributed by atoms with Gasteiger partial charge in [-0.25, -0.2) is 8.78 Å². The van der Waals surface area contributed by atoms with Crippen molar-refractivity contribution in [3.8, 4) is 0 Å². The van der Waals surface area contributed by atoms with Gasteiger partial charge >= 0.3 is 0 Å². The molecule has 0 spiro atoms. The first-order chi connectivity index (χ1) is 9.11. The molecule has 1 saturated carbocycles. The van der Waals surface area contributed by atoms with Crippen molar-refractivity contribution >= 4 is 5.91 Å². The molecule has 0 atom stereocenters. The molecule has 0 bridgehead atoms. The molecule has 1 aromatic rings. The molecule has 0 radical (unpaired) electrons. The molecule has 0 unspecified atom stereocenters. The third-order valence-corrected chi connectivity index (χ3v) is 3.20. The summed E-state index contributed by atoms with van der Waals surface area (Å²) >= 11 is 0. The Hall–Kier alpha value is -1.46. The van der Waals surface area contributed by atoms with Crippen molar-refractivity contribution in [1.82, 2.24) is 15.1 Å². The van der Waals surface area contributed by atoms with E-state index in [0.717, 1.165) is 30.4 Å². The molecule has 6 heteroatoms. The Kier molecular flexibility index (Phi) is 4.50. The Morgan fingerprint density at radius 2 is 2.32 bits per heavy atom. The van der Waals surface area contributed by atoms with E-state index in [1.807, 2.05) is 6.92 Å². The van der Waals surface area contributed by atoms with Gasteiger partial charge in [0.15, 0.2) is 0 Å². The number of nitrogens with one attached hydrogen (secondary N) is 1. The van der Waals surface area contributed by atoms with Crippen LogP contribution in [0.5, 0.6) is 0 Å². The molecule has 0 saturated heterocycles. The molecule has 106 valence electrons. The van der Waals surface area contributed by atoms with Crippen LogP contribution in [0.1, 0.15) is 56.3 Å². The quantitative estimate of drug-likeness (QED) is 0.775.